The van der Waals surface area contributed by atoms with Crippen LogP contribution < -0.4 is 0 Å². The molecule has 1 nitrogen and oxygen atoms in total. The fraction of sp³-hybridized carbons (Fsp3) is 0. The lowest BCUT2D eigenvalue weighted by Gasteiger charge is -2.20. The Morgan fingerprint density at radius 1 is 0.212 bits per heavy atom. The normalized spacial score (nSPS) is 11.3. The first-order chi connectivity index (χ1) is 32.7. The van der Waals surface area contributed by atoms with Crippen molar-refractivity contribution in [3.8, 4) is 89.1 Å². The maximum atomic E-state index is 4.75. The van der Waals surface area contributed by atoms with Gasteiger partial charge < -0.3 is 0 Å². The first kappa shape index (κ1) is 39.0. The van der Waals surface area contributed by atoms with Crippen LogP contribution in [0.3, 0.4) is 0 Å². The van der Waals surface area contributed by atoms with Crippen LogP contribution in [0.15, 0.2) is 261 Å². The third kappa shape index (κ3) is 7.33. The Balaban J connectivity index is 1.17. The Kier molecular flexibility index (Phi) is 9.93. The molecule has 0 atom stereocenters. The molecule has 0 unspecified atom stereocenters. The van der Waals surface area contributed by atoms with E-state index in [1.807, 2.05) is 12.3 Å². The van der Waals surface area contributed by atoms with Crippen LogP contribution >= 0.6 is 0 Å². The van der Waals surface area contributed by atoms with Crippen LogP contribution in [0.5, 0.6) is 0 Å². The molecule has 0 N–H and O–H groups in total. The van der Waals surface area contributed by atoms with Gasteiger partial charge in [-0.3, -0.25) is 4.98 Å². The molecule has 308 valence electrons. The molecular formula is C65H43N. The summed E-state index contributed by atoms with van der Waals surface area (Å²) in [5.41, 5.74) is 18.5. The molecule has 0 aliphatic carbocycles. The Labute approximate surface area is 385 Å². The van der Waals surface area contributed by atoms with Gasteiger partial charge in [0.25, 0.3) is 0 Å². The number of hydrogen-bond acceptors (Lipinski definition) is 1. The van der Waals surface area contributed by atoms with Crippen molar-refractivity contribution in [2.75, 3.05) is 0 Å². The van der Waals surface area contributed by atoms with Gasteiger partial charge in [0.2, 0.25) is 0 Å². The zero-order valence-electron chi connectivity index (χ0n) is 36.3. The SMILES string of the molecule is c1ccc(-c2cc(-c3ccccc3)cc(-c3cc(-c4cccc(-c5ccccn5)c4)cc(-c4c(-c5cccc6ccccc56)ccc5ccc(-c6cccc7ccccc67)cc45)c3)c2)cc1. The largest absolute Gasteiger partial charge is 0.256 e. The Bertz CT molecular complexity index is 3670. The monoisotopic (exact) mass is 837 g/mol. The van der Waals surface area contributed by atoms with Gasteiger partial charge in [0.1, 0.15) is 0 Å². The van der Waals surface area contributed by atoms with E-state index >= 15 is 0 Å². The van der Waals surface area contributed by atoms with E-state index < -0.39 is 0 Å². The van der Waals surface area contributed by atoms with Crippen molar-refractivity contribution < 1.29 is 0 Å². The first-order valence-corrected chi connectivity index (χ1v) is 22.7. The second-order valence-electron chi connectivity index (χ2n) is 17.1. The van der Waals surface area contributed by atoms with Gasteiger partial charge in [-0.05, 0) is 171 Å². The summed E-state index contributed by atoms with van der Waals surface area (Å²) in [6, 6.07) is 93.2. The lowest BCUT2D eigenvalue weighted by atomic mass is 9.84. The molecule has 12 aromatic rings. The van der Waals surface area contributed by atoms with E-state index in [4.69, 9.17) is 4.98 Å². The molecule has 1 heterocycles. The molecule has 66 heavy (non-hydrogen) atoms. The van der Waals surface area contributed by atoms with Gasteiger partial charge in [-0.15, -0.1) is 0 Å². The standard InChI is InChI=1S/C65H43N/c1-3-16-44(17-4-1)52-37-53(45-18-5-2-6-19-45)39-55(38-52)56-40-54(49-24-13-25-51(36-49)64-30-11-12-35-66-64)41-57(42-56)65-62(61-29-15-23-47-21-8-10-27-59(47)61)34-33-48-31-32-50(43-63(48)65)60-28-14-22-46-20-7-9-26-58(46)60/h1-43H. The number of nitrogens with zero attached hydrogens (tertiary/aromatic N) is 1. The molecule has 0 aliphatic rings. The lowest BCUT2D eigenvalue weighted by Crippen LogP contribution is -1.93. The summed E-state index contributed by atoms with van der Waals surface area (Å²) >= 11 is 0. The van der Waals surface area contributed by atoms with E-state index in [2.05, 4.69) is 249 Å². The smallest absolute Gasteiger partial charge is 0.0702 e. The number of fused-ring (bicyclic) bond motifs is 3. The van der Waals surface area contributed by atoms with Crippen LogP contribution in [0.2, 0.25) is 0 Å². The van der Waals surface area contributed by atoms with Crippen LogP contribution in [0.1, 0.15) is 0 Å². The van der Waals surface area contributed by atoms with Gasteiger partial charge in [0, 0.05) is 11.8 Å². The minimum atomic E-state index is 0.951. The quantitative estimate of drug-likeness (QED) is 0.149. The molecule has 1 aromatic heterocycles. The molecule has 0 spiro atoms. The molecule has 0 fully saturated rings. The summed E-state index contributed by atoms with van der Waals surface area (Å²) in [4.78, 5) is 4.75. The van der Waals surface area contributed by atoms with Gasteiger partial charge in [-0.1, -0.05) is 194 Å². The number of pyridine rings is 1. The van der Waals surface area contributed by atoms with Gasteiger partial charge >= 0.3 is 0 Å². The average Bonchev–Trinajstić information content (AvgIpc) is 3.40. The Morgan fingerprint density at radius 2 is 0.667 bits per heavy atom. The summed E-state index contributed by atoms with van der Waals surface area (Å²) in [7, 11) is 0. The number of benzene rings is 11. The minimum Gasteiger partial charge on any atom is -0.256 e. The molecule has 0 bridgehead atoms. The maximum absolute atomic E-state index is 4.75. The van der Waals surface area contributed by atoms with Crippen LogP contribution in [0.25, 0.3) is 121 Å². The Hall–Kier alpha value is -8.65. The predicted molar refractivity (Wildman–Crippen MR) is 280 cm³/mol. The number of aromatic nitrogens is 1. The van der Waals surface area contributed by atoms with Crippen molar-refractivity contribution in [1.82, 2.24) is 4.98 Å². The molecule has 0 aliphatic heterocycles. The molecular weight excluding hydrogens is 795 g/mol. The number of rotatable bonds is 8. The van der Waals surface area contributed by atoms with Crippen LogP contribution in [0, 0.1) is 0 Å². The van der Waals surface area contributed by atoms with E-state index in [-0.39, 0.29) is 0 Å². The summed E-state index contributed by atoms with van der Waals surface area (Å²) in [6.07, 6.45) is 1.87. The van der Waals surface area contributed by atoms with Crippen LogP contribution in [-0.4, -0.2) is 4.98 Å². The van der Waals surface area contributed by atoms with E-state index in [0.717, 1.165) is 39.1 Å². The van der Waals surface area contributed by atoms with Crippen molar-refractivity contribution in [2.24, 2.45) is 0 Å². The average molecular weight is 838 g/mol. The maximum Gasteiger partial charge on any atom is 0.0702 e. The Morgan fingerprint density at radius 3 is 1.32 bits per heavy atom. The third-order valence-electron chi connectivity index (χ3n) is 13.1. The van der Waals surface area contributed by atoms with Gasteiger partial charge in [0.15, 0.2) is 0 Å². The fourth-order valence-corrected chi connectivity index (χ4v) is 9.85. The topological polar surface area (TPSA) is 12.9 Å². The summed E-state index contributed by atoms with van der Waals surface area (Å²) in [5, 5.41) is 7.33. The highest BCUT2D eigenvalue weighted by atomic mass is 14.7. The summed E-state index contributed by atoms with van der Waals surface area (Å²) in [6.45, 7) is 0. The molecule has 1 heteroatoms. The van der Waals surface area contributed by atoms with Crippen molar-refractivity contribution in [3.05, 3.63) is 261 Å². The van der Waals surface area contributed by atoms with E-state index in [9.17, 15) is 0 Å². The molecule has 0 saturated heterocycles. The van der Waals surface area contributed by atoms with Gasteiger partial charge in [-0.2, -0.15) is 0 Å². The van der Waals surface area contributed by atoms with Gasteiger partial charge in [-0.25, -0.2) is 0 Å². The second-order valence-corrected chi connectivity index (χ2v) is 17.1. The van der Waals surface area contributed by atoms with Gasteiger partial charge in [0.05, 0.1) is 5.69 Å². The van der Waals surface area contributed by atoms with Crippen LogP contribution in [0.4, 0.5) is 0 Å². The van der Waals surface area contributed by atoms with E-state index in [1.54, 1.807) is 0 Å². The van der Waals surface area contributed by atoms with E-state index in [0.29, 0.717) is 0 Å². The fourth-order valence-electron chi connectivity index (χ4n) is 9.85. The molecule has 0 saturated carbocycles. The zero-order valence-corrected chi connectivity index (χ0v) is 36.3. The van der Waals surface area contributed by atoms with Crippen molar-refractivity contribution >= 4 is 32.3 Å². The molecule has 0 amide bonds. The van der Waals surface area contributed by atoms with Crippen LogP contribution in [-0.2, 0) is 0 Å². The summed E-state index contributed by atoms with van der Waals surface area (Å²) in [5.74, 6) is 0. The minimum absolute atomic E-state index is 0.951. The molecule has 0 radical (unpaired) electrons. The predicted octanol–water partition coefficient (Wildman–Crippen LogP) is 17.9. The highest BCUT2D eigenvalue weighted by molar-refractivity contribution is 6.11. The third-order valence-corrected chi connectivity index (χ3v) is 13.1. The van der Waals surface area contributed by atoms with E-state index in [1.165, 1.54) is 82.4 Å². The van der Waals surface area contributed by atoms with Crippen molar-refractivity contribution in [3.63, 3.8) is 0 Å². The zero-order chi connectivity index (χ0) is 43.8. The first-order valence-electron chi connectivity index (χ1n) is 22.7. The highest BCUT2D eigenvalue weighted by Gasteiger charge is 2.19. The molecule has 12 rings (SSSR count). The van der Waals surface area contributed by atoms with Crippen molar-refractivity contribution in [2.45, 2.75) is 0 Å². The van der Waals surface area contributed by atoms with Crippen molar-refractivity contribution in [1.29, 1.82) is 0 Å². The lowest BCUT2D eigenvalue weighted by molar-refractivity contribution is 1.33. The number of hydrogen-bond donors (Lipinski definition) is 0. The molecule has 11 aromatic carbocycles. The summed E-state index contributed by atoms with van der Waals surface area (Å²) < 4.78 is 0. The second kappa shape index (κ2) is 16.8. The highest BCUT2D eigenvalue weighted by Crippen LogP contribution is 2.46.